The molecule has 4 rings (SSSR count). The molecular weight excluding hydrogens is 452 g/mol. The first-order chi connectivity index (χ1) is 16.4. The third-order valence-electron chi connectivity index (χ3n) is 5.81. The summed E-state index contributed by atoms with van der Waals surface area (Å²) < 4.78 is 27.8. The van der Waals surface area contributed by atoms with Crippen LogP contribution >= 0.6 is 0 Å². The minimum absolute atomic E-state index is 0.209. The molecule has 0 spiro atoms. The van der Waals surface area contributed by atoms with E-state index in [-0.39, 0.29) is 4.90 Å². The van der Waals surface area contributed by atoms with Crippen LogP contribution in [0.25, 0.3) is 16.6 Å². The van der Waals surface area contributed by atoms with Crippen LogP contribution in [0.2, 0.25) is 0 Å². The van der Waals surface area contributed by atoms with Crippen LogP contribution in [0.1, 0.15) is 24.0 Å². The van der Waals surface area contributed by atoms with Crippen LogP contribution in [-0.4, -0.2) is 60.9 Å². The third-order valence-corrected chi connectivity index (χ3v) is 7.29. The zero-order chi connectivity index (χ0) is 24.1. The summed E-state index contributed by atoms with van der Waals surface area (Å²) >= 11 is 0. The lowest BCUT2D eigenvalue weighted by atomic mass is 10.0. The Balaban J connectivity index is 1.44. The Labute approximate surface area is 198 Å². The van der Waals surface area contributed by atoms with Crippen molar-refractivity contribution < 1.29 is 13.8 Å². The highest BCUT2D eigenvalue weighted by molar-refractivity contribution is 7.89. The Bertz CT molecular complexity index is 1320. The van der Waals surface area contributed by atoms with Gasteiger partial charge in [-0.05, 0) is 80.4 Å². The van der Waals surface area contributed by atoms with E-state index in [9.17, 15) is 8.42 Å². The largest absolute Gasteiger partial charge is 0.404 e. The maximum Gasteiger partial charge on any atom is 0.247 e. The van der Waals surface area contributed by atoms with Gasteiger partial charge < -0.3 is 16.0 Å². The summed E-state index contributed by atoms with van der Waals surface area (Å²) in [5.74, 6) is 0.305. The van der Waals surface area contributed by atoms with E-state index in [1.807, 2.05) is 19.1 Å². The normalized spacial score (nSPS) is 15.0. The first-order valence-corrected chi connectivity index (χ1v) is 12.6. The molecule has 6 N–H and O–H groups in total. The van der Waals surface area contributed by atoms with Crippen LogP contribution in [0.15, 0.2) is 47.5 Å². The fraction of sp³-hybridized carbons (Fsp3) is 0.304. The van der Waals surface area contributed by atoms with E-state index in [0.29, 0.717) is 34.8 Å². The van der Waals surface area contributed by atoms with Gasteiger partial charge in [0.15, 0.2) is 6.21 Å². The summed E-state index contributed by atoms with van der Waals surface area (Å²) in [5.41, 5.74) is 10.1. The van der Waals surface area contributed by atoms with Gasteiger partial charge in [-0.2, -0.15) is 0 Å². The number of nitrogens with one attached hydrogen (secondary N) is 2. The first kappa shape index (κ1) is 23.7. The third kappa shape index (κ3) is 5.38. The monoisotopic (exact) mass is 481 g/mol. The number of rotatable bonds is 9. The van der Waals surface area contributed by atoms with E-state index >= 15 is 0 Å². The molecule has 0 saturated carbocycles. The van der Waals surface area contributed by atoms with E-state index < -0.39 is 10.0 Å². The average Bonchev–Trinajstić information content (AvgIpc) is 3.34. The number of aromatic nitrogens is 3. The number of hydrogen-bond donors (Lipinski definition) is 4. The van der Waals surface area contributed by atoms with Crippen molar-refractivity contribution >= 4 is 44.5 Å². The molecule has 10 nitrogen and oxygen atoms in total. The van der Waals surface area contributed by atoms with Gasteiger partial charge in [-0.3, -0.25) is 5.41 Å². The predicted octanol–water partition coefficient (Wildman–Crippen LogP) is 0.580. The molecule has 0 amide bonds. The molecule has 34 heavy (non-hydrogen) atoms. The molecule has 1 aliphatic rings. The van der Waals surface area contributed by atoms with E-state index in [1.165, 1.54) is 25.3 Å². The van der Waals surface area contributed by atoms with Gasteiger partial charge in [-0.15, -0.1) is 10.2 Å². The number of nitrogens with zero attached hydrogens (tertiary/aromatic N) is 4. The lowest BCUT2D eigenvalue weighted by molar-refractivity contribution is -0.103. The average molecular weight is 482 g/mol. The quantitative estimate of drug-likeness (QED) is 0.324. The van der Waals surface area contributed by atoms with Gasteiger partial charge in [0.1, 0.15) is 5.52 Å². The van der Waals surface area contributed by atoms with Gasteiger partial charge in [0, 0.05) is 25.0 Å². The van der Waals surface area contributed by atoms with Crippen molar-refractivity contribution in [3.8, 4) is 0 Å². The first-order valence-electron chi connectivity index (χ1n) is 11.1. The van der Waals surface area contributed by atoms with Crippen molar-refractivity contribution in [3.63, 3.8) is 0 Å². The van der Waals surface area contributed by atoms with Crippen molar-refractivity contribution in [2.24, 2.45) is 5.73 Å². The number of sulfonamides is 1. The Morgan fingerprint density at radius 2 is 1.88 bits per heavy atom. The number of aryl methyl sites for hydroxylation is 1. The maximum atomic E-state index is 12.6. The fourth-order valence-corrected chi connectivity index (χ4v) is 4.98. The number of benzene rings is 2. The highest BCUT2D eigenvalue weighted by atomic mass is 32.2. The topological polar surface area (TPSA) is 152 Å². The molecule has 0 aliphatic carbocycles. The van der Waals surface area contributed by atoms with Crippen molar-refractivity contribution in [3.05, 3.63) is 53.7 Å². The van der Waals surface area contributed by atoms with Crippen LogP contribution in [0, 0.1) is 6.92 Å². The van der Waals surface area contributed by atoms with Gasteiger partial charge in [-0.25, -0.2) is 18.1 Å². The minimum Gasteiger partial charge on any atom is -0.404 e. The van der Waals surface area contributed by atoms with Crippen LogP contribution in [0.3, 0.4) is 0 Å². The van der Waals surface area contributed by atoms with Crippen LogP contribution in [0.5, 0.6) is 0 Å². The van der Waals surface area contributed by atoms with Gasteiger partial charge >= 0.3 is 0 Å². The number of hydrogen-bond acceptors (Lipinski definition) is 8. The summed E-state index contributed by atoms with van der Waals surface area (Å²) in [6.45, 7) is 5.13. The maximum absolute atomic E-state index is 12.6. The standard InChI is InChI=1S/C23H28N8O2S/c1-16-12-21-22(13-20(16)17(14-24)15-25)29-30-23(28-21)27-18-4-6-19(7-5-18)34(32,33)26-8-11-31-9-2-3-10-31/h4-7,12-15,24,26H,2-3,8-11,25H2,1H3,(H,27,28,30)/p+1/b17-15+,24-14?. The van der Waals surface area contributed by atoms with Crippen molar-refractivity contribution in [1.82, 2.24) is 24.8 Å². The number of likely N-dealkylation sites (tertiary alicyclic amines) is 1. The smallest absolute Gasteiger partial charge is 0.247 e. The molecule has 1 fully saturated rings. The second-order valence-corrected chi connectivity index (χ2v) is 9.94. The Morgan fingerprint density at radius 1 is 1.15 bits per heavy atom. The molecule has 2 heterocycles. The number of allylic oxidation sites excluding steroid dienone is 1. The molecule has 1 saturated heterocycles. The number of fused-ring (bicyclic) bond motifs is 1. The molecule has 1 aliphatic heterocycles. The molecule has 3 aromatic rings. The molecule has 0 radical (unpaired) electrons. The number of nitrogens with two attached hydrogens (primary N) is 2. The predicted molar refractivity (Wildman–Crippen MR) is 133 cm³/mol. The SMILES string of the molecule is Cc1cc2nc(Nc3ccc(S(=O)(=O)NCCN4CCCC4)cc3)nnc2cc1/C(C=[NH2+])=C/N. The fourth-order valence-electron chi connectivity index (χ4n) is 3.96. The van der Waals surface area contributed by atoms with Crippen LogP contribution < -0.4 is 21.2 Å². The summed E-state index contributed by atoms with van der Waals surface area (Å²) in [4.78, 5) is 6.99. The lowest BCUT2D eigenvalue weighted by Crippen LogP contribution is -2.33. The van der Waals surface area contributed by atoms with E-state index in [2.05, 4.69) is 30.1 Å². The molecular formula is C23H29N8O2S+. The Hall–Kier alpha value is -3.41. The molecule has 2 aromatic carbocycles. The summed E-state index contributed by atoms with van der Waals surface area (Å²) in [5, 5.41) is 17.1. The summed E-state index contributed by atoms with van der Waals surface area (Å²) in [6, 6.07) is 10.2. The molecule has 1 aromatic heterocycles. The van der Waals surface area contributed by atoms with Gasteiger partial charge in [0.2, 0.25) is 16.0 Å². The van der Waals surface area contributed by atoms with E-state index in [4.69, 9.17) is 11.1 Å². The van der Waals surface area contributed by atoms with Crippen LogP contribution in [0.4, 0.5) is 11.6 Å². The second kappa shape index (κ2) is 10.2. The number of anilines is 2. The van der Waals surface area contributed by atoms with E-state index in [0.717, 1.165) is 30.8 Å². The Morgan fingerprint density at radius 3 is 2.56 bits per heavy atom. The van der Waals surface area contributed by atoms with Crippen molar-refractivity contribution in [1.29, 1.82) is 0 Å². The minimum atomic E-state index is -3.56. The molecule has 11 heteroatoms. The summed E-state index contributed by atoms with van der Waals surface area (Å²) in [7, 11) is -3.56. The van der Waals surface area contributed by atoms with Gasteiger partial charge in [0.05, 0.1) is 16.0 Å². The zero-order valence-corrected chi connectivity index (χ0v) is 19.8. The highest BCUT2D eigenvalue weighted by Crippen LogP contribution is 2.23. The van der Waals surface area contributed by atoms with Crippen molar-refractivity contribution in [2.45, 2.75) is 24.7 Å². The Kier molecular flexibility index (Phi) is 7.15. The van der Waals surface area contributed by atoms with Crippen molar-refractivity contribution in [2.75, 3.05) is 31.5 Å². The second-order valence-electron chi connectivity index (χ2n) is 8.18. The molecule has 0 atom stereocenters. The zero-order valence-electron chi connectivity index (χ0n) is 19.0. The lowest BCUT2D eigenvalue weighted by Gasteiger charge is -2.15. The van der Waals surface area contributed by atoms with Gasteiger partial charge in [-0.1, -0.05) is 0 Å². The molecule has 0 bridgehead atoms. The molecule has 0 unspecified atom stereocenters. The van der Waals surface area contributed by atoms with Gasteiger partial charge in [0.25, 0.3) is 0 Å². The van der Waals surface area contributed by atoms with Crippen LogP contribution in [-0.2, 0) is 10.0 Å². The highest BCUT2D eigenvalue weighted by Gasteiger charge is 2.16. The summed E-state index contributed by atoms with van der Waals surface area (Å²) in [6.07, 6.45) is 5.24. The van der Waals surface area contributed by atoms with E-state index in [1.54, 1.807) is 24.3 Å². The molecule has 178 valence electrons.